The van der Waals surface area contributed by atoms with Crippen LogP contribution in [0.4, 0.5) is 5.69 Å². The van der Waals surface area contributed by atoms with E-state index in [-0.39, 0.29) is 11.8 Å². The SMILES string of the molecule is COCCCNC(=O)c1ccc(C(=O)Nc2c(C)cc(C)cc2C)cc1. The van der Waals surface area contributed by atoms with Crippen molar-refractivity contribution in [2.75, 3.05) is 25.6 Å². The van der Waals surface area contributed by atoms with Crippen molar-refractivity contribution in [1.29, 1.82) is 0 Å². The molecule has 0 saturated carbocycles. The van der Waals surface area contributed by atoms with Crippen LogP contribution in [0.1, 0.15) is 43.8 Å². The van der Waals surface area contributed by atoms with Crippen molar-refractivity contribution < 1.29 is 14.3 Å². The summed E-state index contributed by atoms with van der Waals surface area (Å²) in [5.74, 6) is -0.342. The van der Waals surface area contributed by atoms with Gasteiger partial charge in [0.25, 0.3) is 11.8 Å². The quantitative estimate of drug-likeness (QED) is 0.746. The molecule has 138 valence electrons. The van der Waals surface area contributed by atoms with Crippen LogP contribution in [-0.2, 0) is 4.74 Å². The molecule has 5 heteroatoms. The van der Waals surface area contributed by atoms with Crippen LogP contribution in [0, 0.1) is 20.8 Å². The topological polar surface area (TPSA) is 67.4 Å². The first-order valence-electron chi connectivity index (χ1n) is 8.68. The lowest BCUT2D eigenvalue weighted by Gasteiger charge is -2.13. The molecule has 0 aliphatic carbocycles. The first-order valence-corrected chi connectivity index (χ1v) is 8.68. The number of amides is 2. The van der Waals surface area contributed by atoms with Crippen LogP contribution >= 0.6 is 0 Å². The number of hydrogen-bond acceptors (Lipinski definition) is 3. The second-order valence-electron chi connectivity index (χ2n) is 6.41. The Morgan fingerprint density at radius 2 is 1.46 bits per heavy atom. The molecule has 2 rings (SSSR count). The van der Waals surface area contributed by atoms with E-state index in [0.717, 1.165) is 23.2 Å². The Bertz CT molecular complexity index is 759. The maximum Gasteiger partial charge on any atom is 0.255 e. The van der Waals surface area contributed by atoms with Gasteiger partial charge in [0.1, 0.15) is 0 Å². The zero-order valence-corrected chi connectivity index (χ0v) is 15.8. The van der Waals surface area contributed by atoms with E-state index < -0.39 is 0 Å². The lowest BCUT2D eigenvalue weighted by Crippen LogP contribution is -2.25. The minimum Gasteiger partial charge on any atom is -0.385 e. The summed E-state index contributed by atoms with van der Waals surface area (Å²) in [6.45, 7) is 7.15. The zero-order valence-electron chi connectivity index (χ0n) is 15.8. The van der Waals surface area contributed by atoms with Gasteiger partial charge in [-0.25, -0.2) is 0 Å². The van der Waals surface area contributed by atoms with Crippen LogP contribution in [0.2, 0.25) is 0 Å². The predicted octanol–water partition coefficient (Wildman–Crippen LogP) is 3.63. The maximum atomic E-state index is 12.5. The molecule has 0 spiro atoms. The van der Waals surface area contributed by atoms with E-state index in [1.165, 1.54) is 5.56 Å². The van der Waals surface area contributed by atoms with Crippen LogP contribution in [0.25, 0.3) is 0 Å². The molecule has 5 nitrogen and oxygen atoms in total. The molecular weight excluding hydrogens is 328 g/mol. The molecule has 26 heavy (non-hydrogen) atoms. The number of carbonyl (C=O) groups excluding carboxylic acids is 2. The molecule has 0 aliphatic heterocycles. The van der Waals surface area contributed by atoms with Crippen molar-refractivity contribution in [1.82, 2.24) is 5.32 Å². The average molecular weight is 354 g/mol. The van der Waals surface area contributed by atoms with Gasteiger partial charge < -0.3 is 15.4 Å². The summed E-state index contributed by atoms with van der Waals surface area (Å²) >= 11 is 0. The Kier molecular flexibility index (Phi) is 6.92. The molecule has 2 aromatic rings. The third kappa shape index (κ3) is 5.17. The van der Waals surface area contributed by atoms with Crippen molar-refractivity contribution >= 4 is 17.5 Å². The highest BCUT2D eigenvalue weighted by Crippen LogP contribution is 2.22. The van der Waals surface area contributed by atoms with Gasteiger partial charge in [0, 0.05) is 37.1 Å². The van der Waals surface area contributed by atoms with Crippen molar-refractivity contribution in [2.45, 2.75) is 27.2 Å². The van der Waals surface area contributed by atoms with E-state index in [4.69, 9.17) is 4.74 Å². The molecule has 0 radical (unpaired) electrons. The normalized spacial score (nSPS) is 10.5. The lowest BCUT2D eigenvalue weighted by molar-refractivity contribution is 0.0947. The first-order chi connectivity index (χ1) is 12.4. The number of nitrogens with one attached hydrogen (secondary N) is 2. The lowest BCUT2D eigenvalue weighted by atomic mass is 10.0. The Morgan fingerprint density at radius 1 is 0.923 bits per heavy atom. The van der Waals surface area contributed by atoms with Crippen LogP contribution in [0.15, 0.2) is 36.4 Å². The van der Waals surface area contributed by atoms with Crippen molar-refractivity contribution in [3.63, 3.8) is 0 Å². The maximum absolute atomic E-state index is 12.5. The highest BCUT2D eigenvalue weighted by molar-refractivity contribution is 6.05. The van der Waals surface area contributed by atoms with Gasteiger partial charge in [-0.1, -0.05) is 17.7 Å². The number of hydrogen-bond donors (Lipinski definition) is 2. The fraction of sp³-hybridized carbons (Fsp3) is 0.333. The fourth-order valence-corrected chi connectivity index (χ4v) is 2.86. The van der Waals surface area contributed by atoms with Gasteiger partial charge in [-0.05, 0) is 62.6 Å². The van der Waals surface area contributed by atoms with Crippen molar-refractivity contribution in [2.24, 2.45) is 0 Å². The minimum absolute atomic E-state index is 0.154. The first kappa shape index (κ1) is 19.7. The number of carbonyl (C=O) groups is 2. The van der Waals surface area contributed by atoms with Gasteiger partial charge in [0.05, 0.1) is 0 Å². The van der Waals surface area contributed by atoms with E-state index in [1.54, 1.807) is 31.4 Å². The Hall–Kier alpha value is -2.66. The molecule has 2 N–H and O–H groups in total. The molecule has 0 atom stereocenters. The summed E-state index contributed by atoms with van der Waals surface area (Å²) in [7, 11) is 1.63. The van der Waals surface area contributed by atoms with Gasteiger partial charge in [-0.3, -0.25) is 9.59 Å². The van der Waals surface area contributed by atoms with Crippen LogP contribution in [-0.4, -0.2) is 32.1 Å². The molecule has 2 amide bonds. The molecule has 0 bridgehead atoms. The summed E-state index contributed by atoms with van der Waals surface area (Å²) in [6.07, 6.45) is 0.762. The summed E-state index contributed by atoms with van der Waals surface area (Å²) in [5, 5.41) is 5.79. The Balaban J connectivity index is 2.02. The molecule has 0 fully saturated rings. The zero-order chi connectivity index (χ0) is 19.1. The third-order valence-electron chi connectivity index (χ3n) is 4.14. The monoisotopic (exact) mass is 354 g/mol. The van der Waals surface area contributed by atoms with Gasteiger partial charge >= 0.3 is 0 Å². The average Bonchev–Trinajstić information content (AvgIpc) is 2.61. The molecule has 0 heterocycles. The Morgan fingerprint density at radius 3 is 2.00 bits per heavy atom. The minimum atomic E-state index is -0.188. The van der Waals surface area contributed by atoms with Gasteiger partial charge in [0.15, 0.2) is 0 Å². The fourth-order valence-electron chi connectivity index (χ4n) is 2.86. The largest absolute Gasteiger partial charge is 0.385 e. The van der Waals surface area contributed by atoms with E-state index in [1.807, 2.05) is 32.9 Å². The highest BCUT2D eigenvalue weighted by atomic mass is 16.5. The molecule has 0 aromatic heterocycles. The van der Waals surface area contributed by atoms with E-state index in [9.17, 15) is 9.59 Å². The van der Waals surface area contributed by atoms with Crippen molar-refractivity contribution in [3.8, 4) is 0 Å². The van der Waals surface area contributed by atoms with E-state index >= 15 is 0 Å². The number of anilines is 1. The Labute approximate surface area is 154 Å². The summed E-state index contributed by atoms with van der Waals surface area (Å²) < 4.78 is 4.95. The number of ether oxygens (including phenoxy) is 1. The second-order valence-corrected chi connectivity index (χ2v) is 6.41. The predicted molar refractivity (Wildman–Crippen MR) is 104 cm³/mol. The second kappa shape index (κ2) is 9.15. The number of benzene rings is 2. The number of rotatable bonds is 7. The van der Waals surface area contributed by atoms with Gasteiger partial charge in [-0.15, -0.1) is 0 Å². The summed E-state index contributed by atoms with van der Waals surface area (Å²) in [5.41, 5.74) is 5.10. The smallest absolute Gasteiger partial charge is 0.255 e. The third-order valence-corrected chi connectivity index (χ3v) is 4.14. The molecule has 0 saturated heterocycles. The van der Waals surface area contributed by atoms with E-state index in [2.05, 4.69) is 10.6 Å². The molecular formula is C21H26N2O3. The van der Waals surface area contributed by atoms with Crippen molar-refractivity contribution in [3.05, 3.63) is 64.2 Å². The highest BCUT2D eigenvalue weighted by Gasteiger charge is 2.12. The number of aryl methyl sites for hydroxylation is 3. The van der Waals surface area contributed by atoms with Gasteiger partial charge in [0.2, 0.25) is 0 Å². The summed E-state index contributed by atoms with van der Waals surface area (Å²) in [4.78, 5) is 24.6. The standard InChI is InChI=1S/C21H26N2O3/c1-14-12-15(2)19(16(3)13-14)23-21(25)18-8-6-17(7-9-18)20(24)22-10-5-11-26-4/h6-9,12-13H,5,10-11H2,1-4H3,(H,22,24)(H,23,25). The molecule has 0 aliphatic rings. The summed E-state index contributed by atoms with van der Waals surface area (Å²) in [6, 6.07) is 10.7. The molecule has 0 unspecified atom stereocenters. The van der Waals surface area contributed by atoms with Crippen LogP contribution in [0.5, 0.6) is 0 Å². The van der Waals surface area contributed by atoms with Gasteiger partial charge in [-0.2, -0.15) is 0 Å². The van der Waals surface area contributed by atoms with Crippen LogP contribution in [0.3, 0.4) is 0 Å². The van der Waals surface area contributed by atoms with E-state index in [0.29, 0.717) is 24.3 Å². The van der Waals surface area contributed by atoms with Crippen LogP contribution < -0.4 is 10.6 Å². The molecule has 2 aromatic carbocycles. The number of methoxy groups -OCH3 is 1.